The highest BCUT2D eigenvalue weighted by atomic mass is 32.2. The molecule has 82 valence electrons. The fourth-order valence-electron chi connectivity index (χ4n) is 1.58. The van der Waals surface area contributed by atoms with Gasteiger partial charge in [-0.15, -0.1) is 0 Å². The maximum Gasteiger partial charge on any atom is 0.352 e. The zero-order chi connectivity index (χ0) is 10.8. The van der Waals surface area contributed by atoms with Crippen LogP contribution in [0.3, 0.4) is 0 Å². The first-order chi connectivity index (χ1) is 7.26. The van der Waals surface area contributed by atoms with Crippen LogP contribution in [0.1, 0.15) is 13.8 Å². The van der Waals surface area contributed by atoms with Crippen molar-refractivity contribution in [2.75, 3.05) is 23.7 Å². The molecule has 1 aromatic heterocycles. The number of rotatable bonds is 3. The van der Waals surface area contributed by atoms with Crippen molar-refractivity contribution < 1.29 is 0 Å². The molecule has 0 unspecified atom stereocenters. The van der Waals surface area contributed by atoms with Crippen LogP contribution in [0.15, 0.2) is 9.95 Å². The molecule has 1 aliphatic heterocycles. The van der Waals surface area contributed by atoms with E-state index in [1.165, 1.54) is 0 Å². The predicted molar refractivity (Wildman–Crippen MR) is 60.6 cm³/mol. The summed E-state index contributed by atoms with van der Waals surface area (Å²) >= 11 is 1.62. The topological polar surface area (TPSA) is 51.0 Å². The summed E-state index contributed by atoms with van der Waals surface area (Å²) in [6, 6.07) is 0. The number of hydrogen-bond acceptors (Lipinski definition) is 5. The highest BCUT2D eigenvalue weighted by molar-refractivity contribution is 7.99. The average molecular weight is 226 g/mol. The lowest BCUT2D eigenvalue weighted by molar-refractivity contribution is 0.615. The van der Waals surface area contributed by atoms with Gasteiger partial charge in [-0.25, -0.2) is 4.79 Å². The Labute approximate surface area is 92.5 Å². The van der Waals surface area contributed by atoms with Crippen LogP contribution in [0, 0.1) is 0 Å². The summed E-state index contributed by atoms with van der Waals surface area (Å²) in [6.45, 7) is 6.45. The Kier molecular flexibility index (Phi) is 2.95. The smallest absolute Gasteiger partial charge is 0.341 e. The molecule has 0 N–H and O–H groups in total. The summed E-state index contributed by atoms with van der Waals surface area (Å²) in [5.74, 6) is 1.48. The van der Waals surface area contributed by atoms with E-state index in [0.717, 1.165) is 30.5 Å². The third-order valence-corrected chi connectivity index (χ3v) is 3.40. The molecule has 1 aromatic rings. The second kappa shape index (κ2) is 4.22. The Morgan fingerprint density at radius 3 is 2.80 bits per heavy atom. The van der Waals surface area contributed by atoms with E-state index in [0.29, 0.717) is 5.95 Å². The van der Waals surface area contributed by atoms with Crippen LogP contribution in [0.4, 0.5) is 5.95 Å². The summed E-state index contributed by atoms with van der Waals surface area (Å²) in [6.07, 6.45) is 0. The molecule has 0 fully saturated rings. The zero-order valence-corrected chi connectivity index (χ0v) is 9.75. The first-order valence-electron chi connectivity index (χ1n) is 5.13. The minimum Gasteiger partial charge on any atom is -0.341 e. The summed E-state index contributed by atoms with van der Waals surface area (Å²) in [5.41, 5.74) is -0.174. The largest absolute Gasteiger partial charge is 0.352 e. The molecule has 0 saturated carbocycles. The normalized spacial score (nSPS) is 14.0. The highest BCUT2D eigenvalue weighted by Gasteiger charge is 2.17. The SMILES string of the molecule is CCN(CC)c1nc2n(c(=O)n1)CCS2. The Morgan fingerprint density at radius 2 is 2.13 bits per heavy atom. The Bertz CT molecular complexity index is 413. The number of nitrogens with zero attached hydrogens (tertiary/aromatic N) is 4. The van der Waals surface area contributed by atoms with E-state index in [9.17, 15) is 4.79 Å². The van der Waals surface area contributed by atoms with Gasteiger partial charge in [0, 0.05) is 25.4 Å². The van der Waals surface area contributed by atoms with Gasteiger partial charge in [0.25, 0.3) is 0 Å². The minimum atomic E-state index is -0.174. The molecule has 0 atom stereocenters. The van der Waals surface area contributed by atoms with Gasteiger partial charge in [0.1, 0.15) is 0 Å². The van der Waals surface area contributed by atoms with Crippen molar-refractivity contribution in [3.8, 4) is 0 Å². The molecular weight excluding hydrogens is 212 g/mol. The van der Waals surface area contributed by atoms with E-state index < -0.39 is 0 Å². The van der Waals surface area contributed by atoms with E-state index in [2.05, 4.69) is 9.97 Å². The standard InChI is InChI=1S/C9H14N4OS/c1-3-12(4-2)7-10-8(14)13-5-6-15-9(13)11-7/h3-6H2,1-2H3. The lowest BCUT2D eigenvalue weighted by atomic mass is 10.5. The monoisotopic (exact) mass is 226 g/mol. The lowest BCUT2D eigenvalue weighted by Crippen LogP contribution is -2.31. The van der Waals surface area contributed by atoms with Crippen molar-refractivity contribution in [1.29, 1.82) is 0 Å². The molecule has 0 radical (unpaired) electrons. The average Bonchev–Trinajstić information content (AvgIpc) is 2.68. The third kappa shape index (κ3) is 1.86. The van der Waals surface area contributed by atoms with Gasteiger partial charge in [-0.3, -0.25) is 4.57 Å². The van der Waals surface area contributed by atoms with Crippen LogP contribution in [0.5, 0.6) is 0 Å². The summed E-state index contributed by atoms with van der Waals surface area (Å²) in [4.78, 5) is 22.0. The number of hydrogen-bond donors (Lipinski definition) is 0. The molecule has 0 bridgehead atoms. The van der Waals surface area contributed by atoms with E-state index in [1.54, 1.807) is 16.3 Å². The Balaban J connectivity index is 2.43. The van der Waals surface area contributed by atoms with Gasteiger partial charge in [-0.05, 0) is 13.8 Å². The molecule has 15 heavy (non-hydrogen) atoms. The van der Waals surface area contributed by atoms with Gasteiger partial charge in [-0.2, -0.15) is 9.97 Å². The van der Waals surface area contributed by atoms with Crippen molar-refractivity contribution >= 4 is 17.7 Å². The highest BCUT2D eigenvalue weighted by Crippen LogP contribution is 2.22. The molecule has 2 rings (SSSR count). The fraction of sp³-hybridized carbons (Fsp3) is 0.667. The molecule has 2 heterocycles. The van der Waals surface area contributed by atoms with E-state index in [1.807, 2.05) is 18.7 Å². The van der Waals surface area contributed by atoms with Crippen molar-refractivity contribution in [2.45, 2.75) is 25.5 Å². The number of aromatic nitrogens is 3. The maximum atomic E-state index is 11.6. The molecule has 0 saturated heterocycles. The molecule has 0 amide bonds. The maximum absolute atomic E-state index is 11.6. The number of anilines is 1. The van der Waals surface area contributed by atoms with Crippen LogP contribution >= 0.6 is 11.8 Å². The molecule has 0 aliphatic carbocycles. The molecule has 5 nitrogen and oxygen atoms in total. The summed E-state index contributed by atoms with van der Waals surface area (Å²) in [5, 5.41) is 0.803. The van der Waals surface area contributed by atoms with Gasteiger partial charge >= 0.3 is 5.69 Å². The fourth-order valence-corrected chi connectivity index (χ4v) is 2.50. The molecule has 0 spiro atoms. The van der Waals surface area contributed by atoms with Gasteiger partial charge in [-0.1, -0.05) is 11.8 Å². The predicted octanol–water partition coefficient (Wildman–Crippen LogP) is 0.590. The minimum absolute atomic E-state index is 0.174. The van der Waals surface area contributed by atoms with Crippen molar-refractivity contribution in [2.24, 2.45) is 0 Å². The zero-order valence-electron chi connectivity index (χ0n) is 8.93. The van der Waals surface area contributed by atoms with Crippen LogP contribution in [-0.2, 0) is 6.54 Å². The van der Waals surface area contributed by atoms with Crippen molar-refractivity contribution in [3.63, 3.8) is 0 Å². The van der Waals surface area contributed by atoms with Crippen molar-refractivity contribution in [1.82, 2.24) is 14.5 Å². The first-order valence-corrected chi connectivity index (χ1v) is 6.11. The van der Waals surface area contributed by atoms with Gasteiger partial charge in [0.2, 0.25) is 5.95 Å². The van der Waals surface area contributed by atoms with Crippen LogP contribution in [0.2, 0.25) is 0 Å². The third-order valence-electron chi connectivity index (χ3n) is 2.45. The van der Waals surface area contributed by atoms with E-state index >= 15 is 0 Å². The first kappa shape index (κ1) is 10.5. The van der Waals surface area contributed by atoms with E-state index in [-0.39, 0.29) is 5.69 Å². The Morgan fingerprint density at radius 1 is 1.40 bits per heavy atom. The quantitative estimate of drug-likeness (QED) is 0.755. The van der Waals surface area contributed by atoms with Gasteiger partial charge in [0.15, 0.2) is 5.16 Å². The number of thioether (sulfide) groups is 1. The van der Waals surface area contributed by atoms with Crippen LogP contribution in [0.25, 0.3) is 0 Å². The molecule has 1 aliphatic rings. The van der Waals surface area contributed by atoms with E-state index in [4.69, 9.17) is 0 Å². The molecular formula is C9H14N4OS. The lowest BCUT2D eigenvalue weighted by Gasteiger charge is -2.18. The summed E-state index contributed by atoms with van der Waals surface area (Å²) < 4.78 is 1.64. The van der Waals surface area contributed by atoms with Crippen LogP contribution in [-0.4, -0.2) is 33.4 Å². The second-order valence-corrected chi connectivity index (χ2v) is 4.32. The number of fused-ring (bicyclic) bond motifs is 1. The van der Waals surface area contributed by atoms with Crippen LogP contribution < -0.4 is 10.6 Å². The summed E-state index contributed by atoms with van der Waals surface area (Å²) in [7, 11) is 0. The molecule has 6 heteroatoms. The van der Waals surface area contributed by atoms with Crippen molar-refractivity contribution in [3.05, 3.63) is 10.5 Å². The van der Waals surface area contributed by atoms with Gasteiger partial charge in [0.05, 0.1) is 0 Å². The Hall–Kier alpha value is -1.04. The van der Waals surface area contributed by atoms with Gasteiger partial charge < -0.3 is 4.90 Å². The molecule has 0 aromatic carbocycles. The second-order valence-electron chi connectivity index (χ2n) is 3.26.